The van der Waals surface area contributed by atoms with Crippen LogP contribution in [0.4, 0.5) is 4.39 Å². The van der Waals surface area contributed by atoms with Gasteiger partial charge in [0.2, 0.25) is 5.91 Å². The standard InChI is InChI=1S/C16H15FN2O2S/c17-12-5-3-4-11(8-12)9-19-16(21)13-6-1-2-7-14(13)22-10-15(18)20/h1-8H,9-10H2,(H2,18,20)(H,19,21). The van der Waals surface area contributed by atoms with Gasteiger partial charge in [0.05, 0.1) is 11.3 Å². The second-order valence-corrected chi connectivity index (χ2v) is 5.58. The third-order valence-electron chi connectivity index (χ3n) is 2.84. The molecule has 4 nitrogen and oxygen atoms in total. The van der Waals surface area contributed by atoms with Crippen LogP contribution in [-0.2, 0) is 11.3 Å². The maximum absolute atomic E-state index is 13.1. The lowest BCUT2D eigenvalue weighted by Crippen LogP contribution is -2.23. The molecule has 22 heavy (non-hydrogen) atoms. The molecular weight excluding hydrogens is 303 g/mol. The maximum atomic E-state index is 13.1. The molecule has 3 N–H and O–H groups in total. The van der Waals surface area contributed by atoms with E-state index < -0.39 is 5.91 Å². The number of amides is 2. The summed E-state index contributed by atoms with van der Waals surface area (Å²) in [6, 6.07) is 13.0. The Bertz CT molecular complexity index is 691. The van der Waals surface area contributed by atoms with Crippen molar-refractivity contribution in [2.75, 3.05) is 5.75 Å². The van der Waals surface area contributed by atoms with E-state index in [2.05, 4.69) is 5.32 Å². The van der Waals surface area contributed by atoms with Crippen molar-refractivity contribution >= 4 is 23.6 Å². The van der Waals surface area contributed by atoms with Gasteiger partial charge in [-0.15, -0.1) is 11.8 Å². The molecular formula is C16H15FN2O2S. The highest BCUT2D eigenvalue weighted by molar-refractivity contribution is 8.00. The zero-order valence-corrected chi connectivity index (χ0v) is 12.5. The van der Waals surface area contributed by atoms with Crippen molar-refractivity contribution in [2.45, 2.75) is 11.4 Å². The summed E-state index contributed by atoms with van der Waals surface area (Å²) < 4.78 is 13.1. The first-order valence-corrected chi connectivity index (χ1v) is 7.57. The smallest absolute Gasteiger partial charge is 0.252 e. The number of thioether (sulfide) groups is 1. The minimum Gasteiger partial charge on any atom is -0.369 e. The summed E-state index contributed by atoms with van der Waals surface area (Å²) in [6.07, 6.45) is 0. The predicted octanol–water partition coefficient (Wildman–Crippen LogP) is 2.33. The molecule has 0 aliphatic carbocycles. The van der Waals surface area contributed by atoms with E-state index in [-0.39, 0.29) is 24.0 Å². The van der Waals surface area contributed by atoms with E-state index >= 15 is 0 Å². The third kappa shape index (κ3) is 4.60. The number of primary amides is 1. The van der Waals surface area contributed by atoms with Gasteiger partial charge >= 0.3 is 0 Å². The van der Waals surface area contributed by atoms with Crippen LogP contribution in [0.3, 0.4) is 0 Å². The monoisotopic (exact) mass is 318 g/mol. The number of carbonyl (C=O) groups is 2. The van der Waals surface area contributed by atoms with Gasteiger partial charge in [-0.2, -0.15) is 0 Å². The van der Waals surface area contributed by atoms with E-state index in [0.717, 1.165) is 0 Å². The fourth-order valence-electron chi connectivity index (χ4n) is 1.85. The Labute approximate surface area is 131 Å². The van der Waals surface area contributed by atoms with Crippen LogP contribution < -0.4 is 11.1 Å². The summed E-state index contributed by atoms with van der Waals surface area (Å²) in [6.45, 7) is 0.228. The van der Waals surface area contributed by atoms with Gasteiger partial charge in [0.25, 0.3) is 5.91 Å². The Balaban J connectivity index is 2.04. The number of halogens is 1. The zero-order chi connectivity index (χ0) is 15.9. The fourth-order valence-corrected chi connectivity index (χ4v) is 2.64. The second-order valence-electron chi connectivity index (χ2n) is 4.56. The number of nitrogens with two attached hydrogens (primary N) is 1. The first kappa shape index (κ1) is 16.0. The van der Waals surface area contributed by atoms with Gasteiger partial charge in [-0.25, -0.2) is 4.39 Å². The Morgan fingerprint density at radius 1 is 1.14 bits per heavy atom. The summed E-state index contributed by atoms with van der Waals surface area (Å²) in [5, 5.41) is 2.74. The van der Waals surface area contributed by atoms with Crippen LogP contribution in [0.15, 0.2) is 53.4 Å². The molecule has 0 bridgehead atoms. The van der Waals surface area contributed by atoms with Gasteiger partial charge in [-0.1, -0.05) is 24.3 Å². The first-order valence-electron chi connectivity index (χ1n) is 6.59. The van der Waals surface area contributed by atoms with Crippen molar-refractivity contribution in [2.24, 2.45) is 5.73 Å². The van der Waals surface area contributed by atoms with Crippen molar-refractivity contribution < 1.29 is 14.0 Å². The summed E-state index contributed by atoms with van der Waals surface area (Å²) in [5.41, 5.74) is 6.26. The SMILES string of the molecule is NC(=O)CSc1ccccc1C(=O)NCc1cccc(F)c1. The lowest BCUT2D eigenvalue weighted by molar-refractivity contribution is -0.115. The van der Waals surface area contributed by atoms with Crippen LogP contribution >= 0.6 is 11.8 Å². The van der Waals surface area contributed by atoms with Gasteiger partial charge in [0.15, 0.2) is 0 Å². The van der Waals surface area contributed by atoms with Crippen LogP contribution in [0.1, 0.15) is 15.9 Å². The van der Waals surface area contributed by atoms with E-state index in [4.69, 9.17) is 5.73 Å². The van der Waals surface area contributed by atoms with E-state index in [0.29, 0.717) is 16.0 Å². The molecule has 0 heterocycles. The number of benzene rings is 2. The molecule has 0 spiro atoms. The van der Waals surface area contributed by atoms with Gasteiger partial charge in [-0.3, -0.25) is 9.59 Å². The molecule has 2 amide bonds. The van der Waals surface area contributed by atoms with E-state index in [1.165, 1.54) is 23.9 Å². The molecule has 0 fully saturated rings. The Morgan fingerprint density at radius 3 is 2.64 bits per heavy atom. The number of nitrogens with one attached hydrogen (secondary N) is 1. The van der Waals surface area contributed by atoms with Crippen LogP contribution in [-0.4, -0.2) is 17.6 Å². The van der Waals surface area contributed by atoms with Gasteiger partial charge in [0, 0.05) is 11.4 Å². The number of hydrogen-bond donors (Lipinski definition) is 2. The molecule has 2 rings (SSSR count). The molecule has 0 aliphatic rings. The van der Waals surface area contributed by atoms with Crippen LogP contribution in [0.25, 0.3) is 0 Å². The molecule has 0 unspecified atom stereocenters. The lowest BCUT2D eigenvalue weighted by Gasteiger charge is -2.09. The summed E-state index contributed by atoms with van der Waals surface area (Å²) >= 11 is 1.21. The van der Waals surface area contributed by atoms with Crippen LogP contribution in [0.5, 0.6) is 0 Å². The molecule has 2 aromatic carbocycles. The molecule has 0 radical (unpaired) electrons. The molecule has 0 aromatic heterocycles. The number of rotatable bonds is 6. The largest absolute Gasteiger partial charge is 0.369 e. The molecule has 114 valence electrons. The van der Waals surface area contributed by atoms with E-state index in [9.17, 15) is 14.0 Å². The zero-order valence-electron chi connectivity index (χ0n) is 11.7. The Kier molecular flexibility index (Phi) is 5.55. The number of hydrogen-bond acceptors (Lipinski definition) is 3. The minimum atomic E-state index is -0.444. The molecule has 0 atom stereocenters. The van der Waals surface area contributed by atoms with Crippen LogP contribution in [0, 0.1) is 5.82 Å². The minimum absolute atomic E-state index is 0.105. The second kappa shape index (κ2) is 7.61. The van der Waals surface area contributed by atoms with E-state index in [1.54, 1.807) is 36.4 Å². The first-order chi connectivity index (χ1) is 10.6. The van der Waals surface area contributed by atoms with Crippen molar-refractivity contribution in [3.63, 3.8) is 0 Å². The summed E-state index contributed by atoms with van der Waals surface area (Å²) in [4.78, 5) is 23.8. The molecule has 0 saturated carbocycles. The fraction of sp³-hybridized carbons (Fsp3) is 0.125. The van der Waals surface area contributed by atoms with Crippen molar-refractivity contribution in [3.8, 4) is 0 Å². The van der Waals surface area contributed by atoms with Gasteiger partial charge in [0.1, 0.15) is 5.82 Å². The highest BCUT2D eigenvalue weighted by Crippen LogP contribution is 2.22. The van der Waals surface area contributed by atoms with Crippen LogP contribution in [0.2, 0.25) is 0 Å². The number of carbonyl (C=O) groups excluding carboxylic acids is 2. The lowest BCUT2D eigenvalue weighted by atomic mass is 10.2. The Morgan fingerprint density at radius 2 is 1.91 bits per heavy atom. The molecule has 0 aliphatic heterocycles. The quantitative estimate of drug-likeness (QED) is 0.803. The van der Waals surface area contributed by atoms with E-state index in [1.807, 2.05) is 0 Å². The summed E-state index contributed by atoms with van der Waals surface area (Å²) in [5.74, 6) is -0.963. The molecule has 0 saturated heterocycles. The molecule has 6 heteroatoms. The average molecular weight is 318 g/mol. The predicted molar refractivity (Wildman–Crippen MR) is 83.9 cm³/mol. The van der Waals surface area contributed by atoms with Crippen molar-refractivity contribution in [1.29, 1.82) is 0 Å². The Hall–Kier alpha value is -2.34. The summed E-state index contributed by atoms with van der Waals surface area (Å²) in [7, 11) is 0. The topological polar surface area (TPSA) is 72.2 Å². The van der Waals surface area contributed by atoms with Gasteiger partial charge in [-0.05, 0) is 29.8 Å². The normalized spacial score (nSPS) is 10.2. The third-order valence-corrected chi connectivity index (χ3v) is 3.94. The van der Waals surface area contributed by atoms with Crippen molar-refractivity contribution in [3.05, 3.63) is 65.5 Å². The maximum Gasteiger partial charge on any atom is 0.252 e. The highest BCUT2D eigenvalue weighted by atomic mass is 32.2. The molecule has 2 aromatic rings. The average Bonchev–Trinajstić information content (AvgIpc) is 2.51. The highest BCUT2D eigenvalue weighted by Gasteiger charge is 2.11. The van der Waals surface area contributed by atoms with Crippen molar-refractivity contribution in [1.82, 2.24) is 5.32 Å². The van der Waals surface area contributed by atoms with Gasteiger partial charge < -0.3 is 11.1 Å².